The molecule has 20 heavy (non-hydrogen) atoms. The van der Waals surface area contributed by atoms with Crippen molar-refractivity contribution in [1.82, 2.24) is 0 Å². The van der Waals surface area contributed by atoms with Crippen LogP contribution in [0.15, 0.2) is 0 Å². The molecule has 0 aliphatic heterocycles. The van der Waals surface area contributed by atoms with Gasteiger partial charge in [-0.05, 0) is 76.9 Å². The molecule has 0 aromatic heterocycles. The molecule has 5 saturated carbocycles. The third-order valence-corrected chi connectivity index (χ3v) is 8.96. The van der Waals surface area contributed by atoms with Crippen molar-refractivity contribution in [3.05, 3.63) is 0 Å². The van der Waals surface area contributed by atoms with Crippen molar-refractivity contribution < 1.29 is 5.11 Å². The second kappa shape index (κ2) is 3.03. The zero-order chi connectivity index (χ0) is 14.2. The molecule has 5 rings (SSSR count). The van der Waals surface area contributed by atoms with Crippen LogP contribution in [0.25, 0.3) is 0 Å². The van der Waals surface area contributed by atoms with E-state index in [4.69, 9.17) is 0 Å². The highest BCUT2D eigenvalue weighted by atomic mass is 16.3. The normalized spacial score (nSPS) is 64.5. The molecular formula is C19H30O. The number of rotatable bonds is 0. The Morgan fingerprint density at radius 1 is 1.05 bits per heavy atom. The Morgan fingerprint density at radius 3 is 2.40 bits per heavy atom. The minimum absolute atomic E-state index is 0.0398. The summed E-state index contributed by atoms with van der Waals surface area (Å²) in [5, 5.41) is 10.4. The highest BCUT2D eigenvalue weighted by molar-refractivity contribution is 5.35. The average Bonchev–Trinajstić information content (AvgIpc) is 2.84. The van der Waals surface area contributed by atoms with Crippen molar-refractivity contribution >= 4 is 0 Å². The van der Waals surface area contributed by atoms with Crippen LogP contribution in [0, 0.1) is 57.7 Å². The third-order valence-electron chi connectivity index (χ3n) is 8.96. The van der Waals surface area contributed by atoms with Crippen LogP contribution in [0.3, 0.4) is 0 Å². The molecule has 0 aromatic rings. The van der Waals surface area contributed by atoms with E-state index < -0.39 is 0 Å². The van der Waals surface area contributed by atoms with E-state index in [1.165, 1.54) is 12.8 Å². The predicted molar refractivity (Wildman–Crippen MR) is 80.0 cm³/mol. The molecule has 0 heterocycles. The second-order valence-corrected chi connectivity index (χ2v) is 10.6. The molecule has 5 aliphatic rings. The molecule has 0 radical (unpaired) electrons. The van der Waals surface area contributed by atoms with Crippen molar-refractivity contribution in [3.63, 3.8) is 0 Å². The molecule has 1 nitrogen and oxygen atoms in total. The minimum Gasteiger partial charge on any atom is -0.393 e. The van der Waals surface area contributed by atoms with Gasteiger partial charge in [0.15, 0.2) is 0 Å². The quantitative estimate of drug-likeness (QED) is 0.709. The van der Waals surface area contributed by atoms with E-state index in [0.717, 1.165) is 41.9 Å². The fraction of sp³-hybridized carbons (Fsp3) is 1.00. The molecule has 9 atom stereocenters. The van der Waals surface area contributed by atoms with Gasteiger partial charge in [0.05, 0.1) is 6.10 Å². The summed E-state index contributed by atoms with van der Waals surface area (Å²) in [5.74, 6) is 6.23. The second-order valence-electron chi connectivity index (χ2n) is 10.6. The van der Waals surface area contributed by atoms with Crippen LogP contribution in [0.5, 0.6) is 0 Å². The number of fused-ring (bicyclic) bond motifs is 7. The van der Waals surface area contributed by atoms with Gasteiger partial charge in [0.1, 0.15) is 0 Å². The zero-order valence-electron chi connectivity index (χ0n) is 13.7. The predicted octanol–water partition coefficient (Wildman–Crippen LogP) is 3.96. The lowest BCUT2D eigenvalue weighted by atomic mass is 9.61. The summed E-state index contributed by atoms with van der Waals surface area (Å²) >= 11 is 0. The van der Waals surface area contributed by atoms with E-state index in [-0.39, 0.29) is 6.10 Å². The number of hydrogen-bond acceptors (Lipinski definition) is 1. The standard InChI is InChI=1S/C19H30O/c1-17(2,3)15-11-8-19(16(15)18(19,4)5)14-9-6-10(13(11)14)12(20)7-9/h9-16,20H,6-8H2,1-5H3. The molecule has 0 aromatic carbocycles. The highest BCUT2D eigenvalue weighted by Gasteiger charge is 2.88. The van der Waals surface area contributed by atoms with Crippen molar-refractivity contribution in [2.45, 2.75) is 60.0 Å². The Hall–Kier alpha value is -0.0400. The van der Waals surface area contributed by atoms with Crippen LogP contribution < -0.4 is 0 Å². The molecule has 5 aliphatic carbocycles. The smallest absolute Gasteiger partial charge is 0.0574 e. The van der Waals surface area contributed by atoms with Crippen LogP contribution in [0.1, 0.15) is 53.9 Å². The van der Waals surface area contributed by atoms with Gasteiger partial charge in [0.25, 0.3) is 0 Å². The highest BCUT2D eigenvalue weighted by Crippen LogP contribution is 2.93. The summed E-state index contributed by atoms with van der Waals surface area (Å²) < 4.78 is 0. The SMILES string of the molecule is CC(C)(C)C1C2CC3(C4C5CC(O)C(C5)C24)C1C3(C)C. The van der Waals surface area contributed by atoms with Crippen LogP contribution in [-0.2, 0) is 0 Å². The first-order chi connectivity index (χ1) is 9.21. The maximum Gasteiger partial charge on any atom is 0.0574 e. The Labute approximate surface area is 123 Å². The molecule has 1 N–H and O–H groups in total. The van der Waals surface area contributed by atoms with Gasteiger partial charge in [0.2, 0.25) is 0 Å². The van der Waals surface area contributed by atoms with Crippen LogP contribution in [-0.4, -0.2) is 11.2 Å². The van der Waals surface area contributed by atoms with Gasteiger partial charge >= 0.3 is 0 Å². The minimum atomic E-state index is 0.0398. The van der Waals surface area contributed by atoms with E-state index in [1.54, 1.807) is 0 Å². The molecule has 0 amide bonds. The summed E-state index contributed by atoms with van der Waals surface area (Å²) in [5.41, 5.74) is 1.71. The molecule has 4 bridgehead atoms. The van der Waals surface area contributed by atoms with Gasteiger partial charge < -0.3 is 5.11 Å². The van der Waals surface area contributed by atoms with Gasteiger partial charge in [-0.2, -0.15) is 0 Å². The molecule has 1 spiro atoms. The van der Waals surface area contributed by atoms with Crippen LogP contribution >= 0.6 is 0 Å². The number of hydrogen-bond donors (Lipinski definition) is 1. The maximum absolute atomic E-state index is 10.4. The van der Waals surface area contributed by atoms with Crippen molar-refractivity contribution in [2.24, 2.45) is 57.7 Å². The lowest BCUT2D eigenvalue weighted by molar-refractivity contribution is -0.0105. The van der Waals surface area contributed by atoms with Gasteiger partial charge in [-0.1, -0.05) is 34.6 Å². The number of aliphatic hydroxyl groups excluding tert-OH is 1. The Bertz CT molecular complexity index is 486. The molecule has 112 valence electrons. The Kier molecular flexibility index (Phi) is 1.89. The Morgan fingerprint density at radius 2 is 1.75 bits per heavy atom. The summed E-state index contributed by atoms with van der Waals surface area (Å²) in [6, 6.07) is 0. The molecule has 1 heteroatoms. The number of aliphatic hydroxyl groups is 1. The van der Waals surface area contributed by atoms with E-state index in [0.29, 0.717) is 22.2 Å². The molecule has 9 unspecified atom stereocenters. The van der Waals surface area contributed by atoms with Crippen LogP contribution in [0.2, 0.25) is 0 Å². The third kappa shape index (κ3) is 0.998. The van der Waals surface area contributed by atoms with Crippen molar-refractivity contribution in [2.75, 3.05) is 0 Å². The summed E-state index contributed by atoms with van der Waals surface area (Å²) in [6.07, 6.45) is 4.03. The zero-order valence-corrected chi connectivity index (χ0v) is 13.7. The van der Waals surface area contributed by atoms with Gasteiger partial charge in [-0.15, -0.1) is 0 Å². The summed E-state index contributed by atoms with van der Waals surface area (Å²) in [7, 11) is 0. The van der Waals surface area contributed by atoms with E-state index in [1.807, 2.05) is 0 Å². The van der Waals surface area contributed by atoms with Crippen LogP contribution in [0.4, 0.5) is 0 Å². The van der Waals surface area contributed by atoms with Crippen molar-refractivity contribution in [1.29, 1.82) is 0 Å². The first-order valence-electron chi connectivity index (χ1n) is 8.89. The first kappa shape index (κ1) is 12.5. The van der Waals surface area contributed by atoms with E-state index in [2.05, 4.69) is 34.6 Å². The van der Waals surface area contributed by atoms with Crippen molar-refractivity contribution in [3.8, 4) is 0 Å². The first-order valence-corrected chi connectivity index (χ1v) is 8.89. The summed E-state index contributed by atoms with van der Waals surface area (Å²) in [6.45, 7) is 12.5. The van der Waals surface area contributed by atoms with E-state index in [9.17, 15) is 5.11 Å². The largest absolute Gasteiger partial charge is 0.393 e. The average molecular weight is 274 g/mol. The van der Waals surface area contributed by atoms with E-state index >= 15 is 0 Å². The fourth-order valence-electron chi connectivity index (χ4n) is 8.87. The lowest BCUT2D eigenvalue weighted by Crippen LogP contribution is -2.41. The molecular weight excluding hydrogens is 244 g/mol. The topological polar surface area (TPSA) is 20.2 Å². The Balaban J connectivity index is 1.63. The summed E-state index contributed by atoms with van der Waals surface area (Å²) in [4.78, 5) is 0. The molecule has 0 saturated heterocycles. The van der Waals surface area contributed by atoms with Gasteiger partial charge in [-0.3, -0.25) is 0 Å². The van der Waals surface area contributed by atoms with Gasteiger partial charge in [0, 0.05) is 0 Å². The maximum atomic E-state index is 10.4. The fourth-order valence-corrected chi connectivity index (χ4v) is 8.87. The molecule has 5 fully saturated rings. The van der Waals surface area contributed by atoms with Gasteiger partial charge in [-0.25, -0.2) is 0 Å². The monoisotopic (exact) mass is 274 g/mol. The lowest BCUT2D eigenvalue weighted by Gasteiger charge is -2.44.